The highest BCUT2D eigenvalue weighted by molar-refractivity contribution is 9.10. The second-order valence-corrected chi connectivity index (χ2v) is 10.0. The van der Waals surface area contributed by atoms with Crippen LogP contribution in [0.5, 0.6) is 17.2 Å². The van der Waals surface area contributed by atoms with E-state index in [1.54, 1.807) is 50.8 Å². The Hall–Kier alpha value is -4.89. The van der Waals surface area contributed by atoms with Gasteiger partial charge in [0.1, 0.15) is 12.2 Å². The van der Waals surface area contributed by atoms with E-state index in [-0.39, 0.29) is 11.4 Å². The average molecular weight is 610 g/mol. The van der Waals surface area contributed by atoms with Crippen LogP contribution in [0.4, 0.5) is 0 Å². The maximum Gasteiger partial charge on any atom is 0.282 e. The van der Waals surface area contributed by atoms with Gasteiger partial charge in [-0.25, -0.2) is 4.98 Å². The van der Waals surface area contributed by atoms with E-state index < -0.39 is 0 Å². The number of nitrogens with zero attached hydrogens (tertiary/aromatic N) is 3. The average Bonchev–Trinajstić information content (AvgIpc) is 3.44. The first kappa shape index (κ1) is 26.3. The van der Waals surface area contributed by atoms with Crippen molar-refractivity contribution in [3.63, 3.8) is 0 Å². The highest BCUT2D eigenvalue weighted by atomic mass is 79.9. The molecule has 0 fully saturated rings. The van der Waals surface area contributed by atoms with Gasteiger partial charge >= 0.3 is 0 Å². The van der Waals surface area contributed by atoms with Crippen LogP contribution in [0.1, 0.15) is 11.1 Å². The molecule has 2 heterocycles. The van der Waals surface area contributed by atoms with Crippen LogP contribution in [0, 0.1) is 0 Å². The van der Waals surface area contributed by atoms with Crippen LogP contribution in [0.2, 0.25) is 0 Å². The Balaban J connectivity index is 1.40. The standard InChI is InChI=1S/C32H24BrN3O5/c1-38-27-15-21(16-28(39-2)30(27)40-19-20-11-13-23(33)14-12-20)18-34-36-31(29-17-22-7-3-6-10-26(22)41-29)35-25-9-5-4-8-24(25)32(36)37/h3-18H,19H2,1-2H3. The first-order valence-corrected chi connectivity index (χ1v) is 13.5. The summed E-state index contributed by atoms with van der Waals surface area (Å²) in [6.07, 6.45) is 1.55. The van der Waals surface area contributed by atoms with Crippen LogP contribution >= 0.6 is 15.9 Å². The maximum absolute atomic E-state index is 13.6. The normalized spacial score (nSPS) is 11.4. The molecule has 2 aromatic heterocycles. The highest BCUT2D eigenvalue weighted by Crippen LogP contribution is 2.39. The third kappa shape index (κ3) is 5.31. The third-order valence-electron chi connectivity index (χ3n) is 6.50. The fourth-order valence-electron chi connectivity index (χ4n) is 4.46. The van der Waals surface area contributed by atoms with E-state index in [2.05, 4.69) is 21.0 Å². The summed E-state index contributed by atoms with van der Waals surface area (Å²) in [6.45, 7) is 0.326. The van der Waals surface area contributed by atoms with Gasteiger partial charge in [-0.05, 0) is 54.1 Å². The summed E-state index contributed by atoms with van der Waals surface area (Å²) in [6, 6.07) is 28.0. The number of fused-ring (bicyclic) bond motifs is 2. The fraction of sp³-hybridized carbons (Fsp3) is 0.0938. The van der Waals surface area contributed by atoms with Crippen LogP contribution in [-0.2, 0) is 6.61 Å². The molecule has 0 unspecified atom stereocenters. The monoisotopic (exact) mass is 609 g/mol. The Kier molecular flexibility index (Phi) is 7.26. The first-order valence-electron chi connectivity index (χ1n) is 12.7. The van der Waals surface area contributed by atoms with Gasteiger partial charge in [0.15, 0.2) is 17.3 Å². The lowest BCUT2D eigenvalue weighted by Gasteiger charge is -2.15. The molecule has 0 aliphatic heterocycles. The van der Waals surface area contributed by atoms with Crippen molar-refractivity contribution < 1.29 is 18.6 Å². The van der Waals surface area contributed by atoms with E-state index in [1.807, 2.05) is 60.7 Å². The molecule has 0 atom stereocenters. The molecule has 0 spiro atoms. The van der Waals surface area contributed by atoms with Crippen molar-refractivity contribution in [1.82, 2.24) is 9.66 Å². The molecule has 0 N–H and O–H groups in total. The summed E-state index contributed by atoms with van der Waals surface area (Å²) in [5.41, 5.74) is 2.54. The number of ether oxygens (including phenoxy) is 3. The van der Waals surface area contributed by atoms with Crippen LogP contribution in [-0.4, -0.2) is 30.1 Å². The molecule has 8 nitrogen and oxygen atoms in total. The fourth-order valence-corrected chi connectivity index (χ4v) is 4.72. The van der Waals surface area contributed by atoms with Crippen molar-refractivity contribution in [1.29, 1.82) is 0 Å². The van der Waals surface area contributed by atoms with E-state index in [1.165, 1.54) is 4.68 Å². The Morgan fingerprint density at radius 1 is 0.927 bits per heavy atom. The van der Waals surface area contributed by atoms with Gasteiger partial charge in [-0.1, -0.05) is 58.4 Å². The summed E-state index contributed by atoms with van der Waals surface area (Å²) in [7, 11) is 3.11. The smallest absolute Gasteiger partial charge is 0.282 e. The molecule has 4 aromatic carbocycles. The molecule has 0 saturated carbocycles. The van der Waals surface area contributed by atoms with Crippen molar-refractivity contribution in [2.24, 2.45) is 5.10 Å². The van der Waals surface area contributed by atoms with Crippen molar-refractivity contribution in [3.8, 4) is 28.8 Å². The topological polar surface area (TPSA) is 88.1 Å². The zero-order valence-electron chi connectivity index (χ0n) is 22.2. The first-order chi connectivity index (χ1) is 20.0. The molecular weight excluding hydrogens is 586 g/mol. The summed E-state index contributed by atoms with van der Waals surface area (Å²) in [5.74, 6) is 2.10. The molecular formula is C32H24BrN3O5. The number of furan rings is 1. The lowest BCUT2D eigenvalue weighted by atomic mass is 10.2. The van der Waals surface area contributed by atoms with Gasteiger partial charge in [0.2, 0.25) is 11.6 Å². The van der Waals surface area contributed by atoms with E-state index in [4.69, 9.17) is 23.6 Å². The van der Waals surface area contributed by atoms with Crippen LogP contribution in [0.15, 0.2) is 110 Å². The van der Waals surface area contributed by atoms with Crippen molar-refractivity contribution in [2.45, 2.75) is 6.61 Å². The van der Waals surface area contributed by atoms with Gasteiger partial charge in [0.25, 0.3) is 5.56 Å². The van der Waals surface area contributed by atoms with Gasteiger partial charge in [-0.15, -0.1) is 0 Å². The summed E-state index contributed by atoms with van der Waals surface area (Å²) in [5, 5.41) is 5.89. The van der Waals surface area contributed by atoms with Crippen molar-refractivity contribution in [3.05, 3.63) is 117 Å². The van der Waals surface area contributed by atoms with Crippen molar-refractivity contribution in [2.75, 3.05) is 14.2 Å². The summed E-state index contributed by atoms with van der Waals surface area (Å²) >= 11 is 3.44. The lowest BCUT2D eigenvalue weighted by Crippen LogP contribution is -2.20. The largest absolute Gasteiger partial charge is 0.493 e. The van der Waals surface area contributed by atoms with Gasteiger partial charge < -0.3 is 18.6 Å². The Bertz CT molecular complexity index is 1900. The number of halogens is 1. The molecule has 0 aliphatic rings. The van der Waals surface area contributed by atoms with E-state index in [0.29, 0.717) is 51.7 Å². The minimum absolute atomic E-state index is 0.287. The van der Waals surface area contributed by atoms with Gasteiger partial charge in [0.05, 0.1) is 31.3 Å². The van der Waals surface area contributed by atoms with E-state index in [0.717, 1.165) is 15.4 Å². The minimum atomic E-state index is -0.323. The molecule has 0 aliphatic carbocycles. The molecule has 9 heteroatoms. The third-order valence-corrected chi connectivity index (χ3v) is 7.03. The zero-order valence-corrected chi connectivity index (χ0v) is 23.8. The second-order valence-electron chi connectivity index (χ2n) is 9.13. The number of hydrogen-bond donors (Lipinski definition) is 0. The Morgan fingerprint density at radius 2 is 1.63 bits per heavy atom. The zero-order chi connectivity index (χ0) is 28.3. The summed E-state index contributed by atoms with van der Waals surface area (Å²) < 4.78 is 25.6. The lowest BCUT2D eigenvalue weighted by molar-refractivity contribution is 0.266. The number of para-hydroxylation sites is 2. The van der Waals surface area contributed by atoms with Crippen LogP contribution in [0.3, 0.4) is 0 Å². The predicted octanol–water partition coefficient (Wildman–Crippen LogP) is 7.05. The van der Waals surface area contributed by atoms with Gasteiger partial charge in [0, 0.05) is 15.4 Å². The number of benzene rings is 4. The number of rotatable bonds is 8. The van der Waals surface area contributed by atoms with Gasteiger partial charge in [-0.3, -0.25) is 4.79 Å². The molecule has 0 saturated heterocycles. The van der Waals surface area contributed by atoms with Crippen molar-refractivity contribution >= 4 is 44.0 Å². The molecule has 0 radical (unpaired) electrons. The second kappa shape index (κ2) is 11.3. The SMILES string of the molecule is COc1cc(C=Nn2c(-c3cc4ccccc4o3)nc3ccccc3c2=O)cc(OC)c1OCc1ccc(Br)cc1. The highest BCUT2D eigenvalue weighted by Gasteiger charge is 2.17. The maximum atomic E-state index is 13.6. The number of hydrogen-bond acceptors (Lipinski definition) is 7. The minimum Gasteiger partial charge on any atom is -0.493 e. The molecule has 6 aromatic rings. The molecule has 0 bridgehead atoms. The van der Waals surface area contributed by atoms with Gasteiger partial charge in [-0.2, -0.15) is 9.78 Å². The Morgan fingerprint density at radius 3 is 2.37 bits per heavy atom. The molecule has 41 heavy (non-hydrogen) atoms. The molecule has 6 rings (SSSR count). The predicted molar refractivity (Wildman–Crippen MR) is 162 cm³/mol. The van der Waals surface area contributed by atoms with E-state index >= 15 is 0 Å². The molecule has 204 valence electrons. The van der Waals surface area contributed by atoms with Crippen LogP contribution in [0.25, 0.3) is 33.5 Å². The summed E-state index contributed by atoms with van der Waals surface area (Å²) in [4.78, 5) is 18.3. The molecule has 0 amide bonds. The van der Waals surface area contributed by atoms with Crippen LogP contribution < -0.4 is 19.8 Å². The Labute approximate surface area is 243 Å². The number of aromatic nitrogens is 2. The van der Waals surface area contributed by atoms with E-state index in [9.17, 15) is 4.79 Å². The number of methoxy groups -OCH3 is 2. The quantitative estimate of drug-likeness (QED) is 0.172.